The first-order valence-electron chi connectivity index (χ1n) is 6.20. The summed E-state index contributed by atoms with van der Waals surface area (Å²) in [5.74, 6) is 0. The monoisotopic (exact) mass is 309 g/mol. The van der Waals surface area contributed by atoms with Gasteiger partial charge < -0.3 is 9.73 Å². The maximum atomic E-state index is 5.67. The largest absolute Gasteiger partial charge is 0.464 e. The maximum absolute atomic E-state index is 5.67. The minimum Gasteiger partial charge on any atom is -0.464 e. The summed E-state index contributed by atoms with van der Waals surface area (Å²) in [4.78, 5) is 0. The van der Waals surface area contributed by atoms with Crippen LogP contribution in [0.3, 0.4) is 0 Å². The number of hydrogen-bond acceptors (Lipinski definition) is 2. The first-order chi connectivity index (χ1) is 8.29. The van der Waals surface area contributed by atoms with Crippen molar-refractivity contribution in [2.45, 2.75) is 46.7 Å². The zero-order valence-corrected chi connectivity index (χ0v) is 13.2. The molecular weight excluding hydrogens is 290 g/mol. The summed E-state index contributed by atoms with van der Waals surface area (Å²) >= 11 is 3.65. The number of nitrogens with one attached hydrogen (secondary N) is 1. The van der Waals surface area contributed by atoms with Gasteiger partial charge in [0.1, 0.15) is 5.58 Å². The molecule has 0 aliphatic carbocycles. The number of halogens is 1. The first-order valence-corrected chi connectivity index (χ1v) is 6.99. The van der Waals surface area contributed by atoms with Gasteiger partial charge in [0, 0.05) is 27.5 Å². The van der Waals surface area contributed by atoms with Crippen molar-refractivity contribution in [1.82, 2.24) is 5.32 Å². The fourth-order valence-electron chi connectivity index (χ4n) is 2.10. The molecule has 0 bridgehead atoms. The van der Waals surface area contributed by atoms with Gasteiger partial charge >= 0.3 is 0 Å². The summed E-state index contributed by atoms with van der Waals surface area (Å²) in [6.45, 7) is 11.6. The van der Waals surface area contributed by atoms with Gasteiger partial charge in [0.15, 0.2) is 0 Å². The van der Waals surface area contributed by atoms with E-state index in [1.54, 1.807) is 0 Å². The van der Waals surface area contributed by atoms with E-state index in [4.69, 9.17) is 4.42 Å². The quantitative estimate of drug-likeness (QED) is 0.869. The molecule has 1 N–H and O–H groups in total. The molecule has 0 unspecified atom stereocenters. The average molecular weight is 310 g/mol. The lowest BCUT2D eigenvalue weighted by Crippen LogP contribution is -2.34. The second-order valence-corrected chi connectivity index (χ2v) is 6.66. The summed E-state index contributed by atoms with van der Waals surface area (Å²) in [5.41, 5.74) is 4.77. The first kappa shape index (κ1) is 13.6. The normalized spacial score (nSPS) is 12.3. The fourth-order valence-corrected chi connectivity index (χ4v) is 2.41. The minimum atomic E-state index is 0.111. The Kier molecular flexibility index (Phi) is 3.56. The Morgan fingerprint density at radius 3 is 2.56 bits per heavy atom. The van der Waals surface area contributed by atoms with Gasteiger partial charge in [0.25, 0.3) is 0 Å². The van der Waals surface area contributed by atoms with Crippen LogP contribution in [0.2, 0.25) is 0 Å². The number of aryl methyl sites for hydroxylation is 2. The van der Waals surface area contributed by atoms with Gasteiger partial charge in [-0.05, 0) is 51.8 Å². The number of fused-ring (bicyclic) bond motifs is 1. The minimum absolute atomic E-state index is 0.111. The maximum Gasteiger partial charge on any atom is 0.134 e. The highest BCUT2D eigenvalue weighted by molar-refractivity contribution is 9.10. The fraction of sp³-hybridized carbons (Fsp3) is 0.467. The third-order valence-corrected chi connectivity index (χ3v) is 4.32. The predicted molar refractivity (Wildman–Crippen MR) is 80.0 cm³/mol. The molecule has 0 aliphatic rings. The van der Waals surface area contributed by atoms with Crippen molar-refractivity contribution in [3.05, 3.63) is 33.5 Å². The molecule has 0 aliphatic heterocycles. The zero-order chi connectivity index (χ0) is 13.5. The third kappa shape index (κ3) is 2.62. The number of benzene rings is 1. The van der Waals surface area contributed by atoms with Crippen LogP contribution in [-0.2, 0) is 6.54 Å². The second kappa shape index (κ2) is 4.71. The highest BCUT2D eigenvalue weighted by atomic mass is 79.9. The Morgan fingerprint density at radius 1 is 1.28 bits per heavy atom. The molecule has 1 aromatic heterocycles. The number of hydrogen-bond donors (Lipinski definition) is 1. The standard InChI is InChI=1S/C15H20BrNO/c1-9-6-12-13(10(2)14(9)16)11(8-18-12)7-17-15(3,4)5/h6,8,17H,7H2,1-5H3. The number of furan rings is 1. The van der Waals surface area contributed by atoms with E-state index in [9.17, 15) is 0 Å². The van der Waals surface area contributed by atoms with Gasteiger partial charge in [-0.25, -0.2) is 0 Å². The molecule has 98 valence electrons. The van der Waals surface area contributed by atoms with E-state index in [0.29, 0.717) is 0 Å². The lowest BCUT2D eigenvalue weighted by atomic mass is 10.0. The van der Waals surface area contributed by atoms with E-state index in [-0.39, 0.29) is 5.54 Å². The molecule has 3 heteroatoms. The highest BCUT2D eigenvalue weighted by Gasteiger charge is 2.15. The van der Waals surface area contributed by atoms with Crippen molar-refractivity contribution in [2.24, 2.45) is 0 Å². The SMILES string of the molecule is Cc1cc2occ(CNC(C)(C)C)c2c(C)c1Br. The van der Waals surface area contributed by atoms with E-state index in [0.717, 1.165) is 12.1 Å². The van der Waals surface area contributed by atoms with Crippen LogP contribution in [0.5, 0.6) is 0 Å². The zero-order valence-electron chi connectivity index (χ0n) is 11.6. The molecule has 2 rings (SSSR count). The third-order valence-electron chi connectivity index (χ3n) is 3.10. The van der Waals surface area contributed by atoms with Crippen LogP contribution in [-0.4, -0.2) is 5.54 Å². The van der Waals surface area contributed by atoms with Crippen LogP contribution in [0, 0.1) is 13.8 Å². The molecular formula is C15H20BrNO. The summed E-state index contributed by atoms with van der Waals surface area (Å²) < 4.78 is 6.84. The highest BCUT2D eigenvalue weighted by Crippen LogP contribution is 2.32. The van der Waals surface area contributed by atoms with Crippen molar-refractivity contribution >= 4 is 26.9 Å². The molecule has 18 heavy (non-hydrogen) atoms. The molecule has 1 aromatic carbocycles. The molecule has 2 nitrogen and oxygen atoms in total. The average Bonchev–Trinajstić information content (AvgIpc) is 2.65. The van der Waals surface area contributed by atoms with Gasteiger partial charge in [-0.3, -0.25) is 0 Å². The summed E-state index contributed by atoms with van der Waals surface area (Å²) in [7, 11) is 0. The van der Waals surface area contributed by atoms with Crippen molar-refractivity contribution in [2.75, 3.05) is 0 Å². The van der Waals surface area contributed by atoms with Gasteiger partial charge in [0.2, 0.25) is 0 Å². The molecule has 0 atom stereocenters. The van der Waals surface area contributed by atoms with Crippen molar-refractivity contribution in [3.8, 4) is 0 Å². The van der Waals surface area contributed by atoms with Crippen LogP contribution in [0.15, 0.2) is 21.2 Å². The van der Waals surface area contributed by atoms with E-state index in [2.05, 4.69) is 61.9 Å². The molecule has 0 amide bonds. The Hall–Kier alpha value is -0.800. The van der Waals surface area contributed by atoms with Crippen LogP contribution in [0.4, 0.5) is 0 Å². The Bertz CT molecular complexity index is 578. The molecule has 0 saturated carbocycles. The Morgan fingerprint density at radius 2 is 1.94 bits per heavy atom. The topological polar surface area (TPSA) is 25.2 Å². The lowest BCUT2D eigenvalue weighted by molar-refractivity contribution is 0.423. The van der Waals surface area contributed by atoms with Crippen molar-refractivity contribution in [1.29, 1.82) is 0 Å². The van der Waals surface area contributed by atoms with Gasteiger partial charge in [-0.1, -0.05) is 15.9 Å². The summed E-state index contributed by atoms with van der Waals surface area (Å²) in [6.07, 6.45) is 1.86. The Labute approximate surface area is 117 Å². The Balaban J connectivity index is 2.44. The van der Waals surface area contributed by atoms with E-state index in [1.807, 2.05) is 6.26 Å². The lowest BCUT2D eigenvalue weighted by Gasteiger charge is -2.20. The molecule has 0 spiro atoms. The van der Waals surface area contributed by atoms with Gasteiger partial charge in [0.05, 0.1) is 6.26 Å². The van der Waals surface area contributed by atoms with Crippen LogP contribution in [0.1, 0.15) is 37.5 Å². The van der Waals surface area contributed by atoms with E-state index >= 15 is 0 Å². The van der Waals surface area contributed by atoms with Crippen LogP contribution >= 0.6 is 15.9 Å². The molecule has 2 aromatic rings. The van der Waals surface area contributed by atoms with Crippen LogP contribution in [0.25, 0.3) is 11.0 Å². The molecule has 1 heterocycles. The molecule has 0 fully saturated rings. The summed E-state index contributed by atoms with van der Waals surface area (Å²) in [6, 6.07) is 2.09. The number of rotatable bonds is 2. The summed E-state index contributed by atoms with van der Waals surface area (Å²) in [5, 5.41) is 4.73. The second-order valence-electron chi connectivity index (χ2n) is 5.87. The van der Waals surface area contributed by atoms with Crippen LogP contribution < -0.4 is 5.32 Å². The van der Waals surface area contributed by atoms with E-state index < -0.39 is 0 Å². The molecule has 0 radical (unpaired) electrons. The van der Waals surface area contributed by atoms with Crippen molar-refractivity contribution < 1.29 is 4.42 Å². The predicted octanol–water partition coefficient (Wildman–Crippen LogP) is 4.70. The molecule has 0 saturated heterocycles. The van der Waals surface area contributed by atoms with Crippen molar-refractivity contribution in [3.63, 3.8) is 0 Å². The van der Waals surface area contributed by atoms with E-state index in [1.165, 1.54) is 26.5 Å². The van der Waals surface area contributed by atoms with Gasteiger partial charge in [-0.2, -0.15) is 0 Å². The van der Waals surface area contributed by atoms with Gasteiger partial charge in [-0.15, -0.1) is 0 Å². The smallest absolute Gasteiger partial charge is 0.134 e.